The lowest BCUT2D eigenvalue weighted by molar-refractivity contribution is -0.137. The van der Waals surface area contributed by atoms with Crippen molar-refractivity contribution in [3.05, 3.63) is 35.9 Å². The third kappa shape index (κ3) is 4.42. The second-order valence-electron chi connectivity index (χ2n) is 4.83. The van der Waals surface area contributed by atoms with Gasteiger partial charge in [-0.15, -0.1) is 9.60 Å². The van der Waals surface area contributed by atoms with Gasteiger partial charge in [0.05, 0.1) is 6.42 Å². The average molecular weight is 295 g/mol. The van der Waals surface area contributed by atoms with Gasteiger partial charge in [0.15, 0.2) is 0 Å². The van der Waals surface area contributed by atoms with E-state index in [0.29, 0.717) is 23.8 Å². The summed E-state index contributed by atoms with van der Waals surface area (Å²) in [5, 5.41) is 0.679. The van der Waals surface area contributed by atoms with Gasteiger partial charge in [-0.2, -0.15) is 0 Å². The van der Waals surface area contributed by atoms with Crippen LogP contribution in [-0.4, -0.2) is 48.2 Å². The van der Waals surface area contributed by atoms with E-state index in [1.807, 2.05) is 6.07 Å². The highest BCUT2D eigenvalue weighted by Crippen LogP contribution is 2.22. The highest BCUT2D eigenvalue weighted by atomic mass is 19.2. The predicted molar refractivity (Wildman–Crippen MR) is 73.7 cm³/mol. The Morgan fingerprint density at radius 1 is 1.19 bits per heavy atom. The minimum absolute atomic E-state index is 0.000755. The van der Waals surface area contributed by atoms with E-state index < -0.39 is 12.2 Å². The summed E-state index contributed by atoms with van der Waals surface area (Å²) in [6.07, 6.45) is -1.65. The fourth-order valence-electron chi connectivity index (χ4n) is 2.25. The van der Waals surface area contributed by atoms with Gasteiger partial charge in [-0.05, 0) is 5.56 Å². The Balaban J connectivity index is 2.01. The van der Waals surface area contributed by atoms with Gasteiger partial charge in [0.2, 0.25) is 5.91 Å². The first-order valence-electron chi connectivity index (χ1n) is 6.76. The van der Waals surface area contributed by atoms with Crippen LogP contribution < -0.4 is 5.73 Å². The maximum absolute atomic E-state index is 12.9. The summed E-state index contributed by atoms with van der Waals surface area (Å²) < 4.78 is 18.0. The molecule has 1 aromatic rings. The number of amides is 2. The molecule has 2 amide bonds. The van der Waals surface area contributed by atoms with E-state index in [-0.39, 0.29) is 25.4 Å². The van der Waals surface area contributed by atoms with Crippen LogP contribution in [0.4, 0.5) is 9.28 Å². The first kappa shape index (κ1) is 15.2. The second kappa shape index (κ2) is 7.03. The van der Waals surface area contributed by atoms with Crippen molar-refractivity contribution in [3.8, 4) is 0 Å². The lowest BCUT2D eigenvalue weighted by Gasteiger charge is -2.31. The Bertz CT molecular complexity index is 489. The number of nitrogens with two attached hydrogens (primary N) is 1. The first-order chi connectivity index (χ1) is 10.1. The number of rotatable bonds is 4. The maximum atomic E-state index is 12.9. The van der Waals surface area contributed by atoms with Gasteiger partial charge < -0.3 is 15.4 Å². The molecule has 21 heavy (non-hydrogen) atoms. The zero-order valence-corrected chi connectivity index (χ0v) is 11.6. The summed E-state index contributed by atoms with van der Waals surface area (Å²) in [7, 11) is 0. The molecule has 2 rings (SSSR count). The molecule has 7 heteroatoms. The number of ether oxygens (including phenoxy) is 1. The molecule has 1 unspecified atom stereocenters. The van der Waals surface area contributed by atoms with Crippen LogP contribution in [0.15, 0.2) is 30.3 Å². The van der Waals surface area contributed by atoms with E-state index in [9.17, 15) is 14.1 Å². The van der Waals surface area contributed by atoms with Crippen LogP contribution in [0.25, 0.3) is 0 Å². The number of carbonyl (C=O) groups is 2. The van der Waals surface area contributed by atoms with Crippen molar-refractivity contribution in [3.63, 3.8) is 0 Å². The van der Waals surface area contributed by atoms with Crippen LogP contribution in [0.2, 0.25) is 0 Å². The smallest absolute Gasteiger partial charge is 0.405 e. The summed E-state index contributed by atoms with van der Waals surface area (Å²) in [6, 6.07) is 8.94. The third-order valence-corrected chi connectivity index (χ3v) is 3.37. The summed E-state index contributed by atoms with van der Waals surface area (Å²) in [5.41, 5.74) is 5.76. The number of benzene rings is 1. The predicted octanol–water partition coefficient (Wildman–Crippen LogP) is 1.24. The lowest BCUT2D eigenvalue weighted by Crippen LogP contribution is -2.46. The molecule has 1 aromatic carbocycles. The number of hydrogen-bond donors (Lipinski definition) is 1. The number of piperazine rings is 1. The van der Waals surface area contributed by atoms with Crippen LogP contribution in [0.1, 0.15) is 18.1 Å². The van der Waals surface area contributed by atoms with Crippen LogP contribution in [-0.2, 0) is 9.53 Å². The van der Waals surface area contributed by atoms with E-state index in [1.165, 1.54) is 0 Å². The Morgan fingerprint density at radius 2 is 1.81 bits per heavy atom. The highest BCUT2D eigenvalue weighted by Gasteiger charge is 2.25. The molecule has 1 heterocycles. The van der Waals surface area contributed by atoms with Crippen LogP contribution in [0.3, 0.4) is 0 Å². The number of hydrogen-bond acceptors (Lipinski definition) is 4. The Morgan fingerprint density at radius 3 is 2.38 bits per heavy atom. The first-order valence-corrected chi connectivity index (χ1v) is 6.76. The molecule has 0 radical (unpaired) electrons. The molecule has 0 spiro atoms. The molecule has 1 fully saturated rings. The topological polar surface area (TPSA) is 75.9 Å². The molecule has 2 N–H and O–H groups in total. The molecule has 114 valence electrons. The molecule has 1 saturated heterocycles. The second-order valence-corrected chi connectivity index (χ2v) is 4.83. The average Bonchev–Trinajstić information content (AvgIpc) is 2.47. The Labute approximate surface area is 122 Å². The standard InChI is InChI=1S/C14H18FN3O3/c15-18-8-6-17(7-9-18)13(19)10-12(21-14(16)20)11-4-2-1-3-5-11/h1-5,12H,6-10H2,(H2,16,20). The fraction of sp³-hybridized carbons (Fsp3) is 0.429. The summed E-state index contributed by atoms with van der Waals surface area (Å²) in [4.78, 5) is 24.8. The third-order valence-electron chi connectivity index (χ3n) is 3.37. The molecule has 0 aliphatic carbocycles. The Hall–Kier alpha value is -2.15. The van der Waals surface area contributed by atoms with Crippen molar-refractivity contribution in [1.29, 1.82) is 0 Å². The molecule has 6 nitrogen and oxygen atoms in total. The zero-order chi connectivity index (χ0) is 15.2. The minimum atomic E-state index is -0.926. The van der Waals surface area contributed by atoms with Gasteiger partial charge in [0.25, 0.3) is 0 Å². The van der Waals surface area contributed by atoms with E-state index in [4.69, 9.17) is 10.5 Å². The van der Waals surface area contributed by atoms with Gasteiger partial charge in [-0.1, -0.05) is 30.3 Å². The summed E-state index contributed by atoms with van der Waals surface area (Å²) >= 11 is 0. The van der Waals surface area contributed by atoms with Crippen molar-refractivity contribution in [1.82, 2.24) is 10.0 Å². The van der Waals surface area contributed by atoms with Crippen LogP contribution in [0.5, 0.6) is 0 Å². The van der Waals surface area contributed by atoms with Crippen molar-refractivity contribution in [2.24, 2.45) is 5.73 Å². The SMILES string of the molecule is NC(=O)OC(CC(=O)N1CCN(F)CC1)c1ccccc1. The monoisotopic (exact) mass is 295 g/mol. The normalized spacial score (nSPS) is 17.3. The van der Waals surface area contributed by atoms with Gasteiger partial charge in [-0.3, -0.25) is 4.79 Å². The fourth-order valence-corrected chi connectivity index (χ4v) is 2.25. The molecule has 0 saturated carbocycles. The molecule has 1 aliphatic rings. The van der Waals surface area contributed by atoms with Crippen molar-refractivity contribution < 1.29 is 18.8 Å². The molecule has 0 bridgehead atoms. The van der Waals surface area contributed by atoms with Crippen molar-refractivity contribution in [2.45, 2.75) is 12.5 Å². The molecule has 1 atom stereocenters. The van der Waals surface area contributed by atoms with E-state index in [0.717, 1.165) is 0 Å². The largest absolute Gasteiger partial charge is 0.441 e. The van der Waals surface area contributed by atoms with Crippen LogP contribution >= 0.6 is 0 Å². The number of nitrogens with zero attached hydrogens (tertiary/aromatic N) is 2. The van der Waals surface area contributed by atoms with Gasteiger partial charge in [-0.25, -0.2) is 4.79 Å². The van der Waals surface area contributed by atoms with Crippen molar-refractivity contribution >= 4 is 12.0 Å². The number of halogens is 1. The van der Waals surface area contributed by atoms with Gasteiger partial charge in [0.1, 0.15) is 6.10 Å². The van der Waals surface area contributed by atoms with Crippen LogP contribution in [0, 0.1) is 0 Å². The molecule has 1 aliphatic heterocycles. The Kier molecular flexibility index (Phi) is 5.10. The van der Waals surface area contributed by atoms with E-state index in [1.54, 1.807) is 29.2 Å². The van der Waals surface area contributed by atoms with Gasteiger partial charge >= 0.3 is 6.09 Å². The van der Waals surface area contributed by atoms with Crippen molar-refractivity contribution in [2.75, 3.05) is 26.2 Å². The molecular weight excluding hydrogens is 277 g/mol. The quantitative estimate of drug-likeness (QED) is 0.848. The lowest BCUT2D eigenvalue weighted by atomic mass is 10.1. The van der Waals surface area contributed by atoms with E-state index in [2.05, 4.69) is 0 Å². The zero-order valence-electron chi connectivity index (χ0n) is 11.6. The molecular formula is C14H18FN3O3. The molecule has 0 aromatic heterocycles. The minimum Gasteiger partial charge on any atom is -0.441 e. The van der Waals surface area contributed by atoms with Gasteiger partial charge in [0, 0.05) is 26.2 Å². The highest BCUT2D eigenvalue weighted by molar-refractivity contribution is 5.77. The van der Waals surface area contributed by atoms with E-state index >= 15 is 0 Å². The summed E-state index contributed by atoms with van der Waals surface area (Å²) in [6.45, 7) is 1.04. The maximum Gasteiger partial charge on any atom is 0.405 e. The summed E-state index contributed by atoms with van der Waals surface area (Å²) in [5.74, 6) is -0.182. The number of carbonyl (C=O) groups excluding carboxylic acids is 2. The number of primary amides is 1.